The summed E-state index contributed by atoms with van der Waals surface area (Å²) < 4.78 is 5.75. The predicted molar refractivity (Wildman–Crippen MR) is 102 cm³/mol. The molecule has 0 bridgehead atoms. The molecule has 0 heterocycles. The van der Waals surface area contributed by atoms with E-state index in [4.69, 9.17) is 4.74 Å². The highest BCUT2D eigenvalue weighted by Crippen LogP contribution is 2.27. The van der Waals surface area contributed by atoms with Gasteiger partial charge in [0, 0.05) is 0 Å². The van der Waals surface area contributed by atoms with E-state index < -0.39 is 5.97 Å². The Morgan fingerprint density at radius 2 is 1.60 bits per heavy atom. The Kier molecular flexibility index (Phi) is 8.03. The molecule has 3 nitrogen and oxygen atoms in total. The van der Waals surface area contributed by atoms with Crippen LogP contribution in [-0.2, 0) is 0 Å². The topological polar surface area (TPSA) is 46.5 Å². The molecule has 1 N–H and O–H groups in total. The highest BCUT2D eigenvalue weighted by Gasteiger charge is 2.13. The summed E-state index contributed by atoms with van der Waals surface area (Å²) in [6.45, 7) is 2.86. The van der Waals surface area contributed by atoms with Gasteiger partial charge in [-0.05, 0) is 35.7 Å². The third kappa shape index (κ3) is 6.26. The summed E-state index contributed by atoms with van der Waals surface area (Å²) in [6.07, 6.45) is 8.63. The fourth-order valence-corrected chi connectivity index (χ4v) is 2.91. The Labute approximate surface area is 150 Å². The molecule has 0 aromatic heterocycles. The normalized spacial score (nSPS) is 10.6. The summed E-state index contributed by atoms with van der Waals surface area (Å²) in [4.78, 5) is 11.6. The second-order valence-corrected chi connectivity index (χ2v) is 6.35. The number of rotatable bonds is 11. The Morgan fingerprint density at radius 3 is 2.28 bits per heavy atom. The minimum absolute atomic E-state index is 0.281. The third-order valence-corrected chi connectivity index (χ3v) is 4.32. The Balaban J connectivity index is 1.88. The maximum absolute atomic E-state index is 11.6. The van der Waals surface area contributed by atoms with Crippen molar-refractivity contribution in [2.75, 3.05) is 6.61 Å². The molecule has 3 heteroatoms. The van der Waals surface area contributed by atoms with E-state index in [1.54, 1.807) is 6.07 Å². The number of aromatic carboxylic acids is 1. The summed E-state index contributed by atoms with van der Waals surface area (Å²) in [5, 5.41) is 9.51. The minimum atomic E-state index is -0.930. The van der Waals surface area contributed by atoms with Crippen LogP contribution in [0.15, 0.2) is 48.5 Å². The van der Waals surface area contributed by atoms with Gasteiger partial charge in [0.1, 0.15) is 5.75 Å². The molecule has 134 valence electrons. The maximum Gasteiger partial charge on any atom is 0.336 e. The van der Waals surface area contributed by atoms with Crippen LogP contribution in [0.5, 0.6) is 5.75 Å². The van der Waals surface area contributed by atoms with E-state index in [1.165, 1.54) is 32.1 Å². The standard InChI is InChI=1S/C22H28O3/c1-2-3-4-5-6-7-11-16-25-19-14-15-20(21(17-19)22(23)24)18-12-9-8-10-13-18/h8-10,12-15,17H,2-7,11,16H2,1H3,(H,23,24). The molecule has 2 rings (SSSR count). The van der Waals surface area contributed by atoms with Crippen molar-refractivity contribution >= 4 is 5.97 Å². The highest BCUT2D eigenvalue weighted by molar-refractivity contribution is 5.96. The second kappa shape index (κ2) is 10.5. The lowest BCUT2D eigenvalue weighted by atomic mass is 9.99. The number of ether oxygens (including phenoxy) is 1. The molecule has 2 aromatic rings. The van der Waals surface area contributed by atoms with Crippen molar-refractivity contribution in [1.82, 2.24) is 0 Å². The zero-order valence-electron chi connectivity index (χ0n) is 15.0. The fourth-order valence-electron chi connectivity index (χ4n) is 2.91. The van der Waals surface area contributed by atoms with E-state index in [1.807, 2.05) is 42.5 Å². The lowest BCUT2D eigenvalue weighted by Gasteiger charge is -2.11. The van der Waals surface area contributed by atoms with Crippen LogP contribution in [0.4, 0.5) is 0 Å². The average Bonchev–Trinajstić information content (AvgIpc) is 2.64. The van der Waals surface area contributed by atoms with E-state index in [2.05, 4.69) is 6.92 Å². The molecule has 0 aliphatic rings. The first-order valence-corrected chi connectivity index (χ1v) is 9.28. The van der Waals surface area contributed by atoms with E-state index in [0.29, 0.717) is 12.4 Å². The molecule has 0 amide bonds. The van der Waals surface area contributed by atoms with Crippen LogP contribution in [0.3, 0.4) is 0 Å². The number of hydrogen-bond acceptors (Lipinski definition) is 2. The van der Waals surface area contributed by atoms with Gasteiger partial charge in [-0.2, -0.15) is 0 Å². The fraction of sp³-hybridized carbons (Fsp3) is 0.409. The Morgan fingerprint density at radius 1 is 0.920 bits per heavy atom. The highest BCUT2D eigenvalue weighted by atomic mass is 16.5. The summed E-state index contributed by atoms with van der Waals surface area (Å²) in [5.74, 6) is -0.303. The molecule has 0 aliphatic carbocycles. The molecule has 0 radical (unpaired) electrons. The van der Waals surface area contributed by atoms with E-state index in [0.717, 1.165) is 24.0 Å². The minimum Gasteiger partial charge on any atom is -0.494 e. The smallest absolute Gasteiger partial charge is 0.336 e. The molecule has 0 saturated carbocycles. The largest absolute Gasteiger partial charge is 0.494 e. The van der Waals surface area contributed by atoms with Crippen LogP contribution in [-0.4, -0.2) is 17.7 Å². The van der Waals surface area contributed by atoms with Gasteiger partial charge in [0.2, 0.25) is 0 Å². The van der Waals surface area contributed by atoms with Gasteiger partial charge in [0.15, 0.2) is 0 Å². The van der Waals surface area contributed by atoms with Crippen molar-refractivity contribution < 1.29 is 14.6 Å². The lowest BCUT2D eigenvalue weighted by molar-refractivity contribution is 0.0697. The van der Waals surface area contributed by atoms with Crippen LogP contribution < -0.4 is 4.74 Å². The molecule has 2 aromatic carbocycles. The van der Waals surface area contributed by atoms with Gasteiger partial charge in [0.25, 0.3) is 0 Å². The second-order valence-electron chi connectivity index (χ2n) is 6.35. The predicted octanol–water partition coefficient (Wildman–Crippen LogP) is 6.18. The lowest BCUT2D eigenvalue weighted by Crippen LogP contribution is -2.02. The molecular formula is C22H28O3. The van der Waals surface area contributed by atoms with Gasteiger partial charge in [-0.15, -0.1) is 0 Å². The van der Waals surface area contributed by atoms with Crippen LogP contribution in [0.2, 0.25) is 0 Å². The summed E-state index contributed by atoms with van der Waals surface area (Å²) in [6, 6.07) is 14.9. The molecular weight excluding hydrogens is 312 g/mol. The van der Waals surface area contributed by atoms with Crippen LogP contribution in [0.25, 0.3) is 11.1 Å². The zero-order chi connectivity index (χ0) is 17.9. The van der Waals surface area contributed by atoms with E-state index in [-0.39, 0.29) is 5.56 Å². The van der Waals surface area contributed by atoms with Crippen LogP contribution >= 0.6 is 0 Å². The van der Waals surface area contributed by atoms with Crippen molar-refractivity contribution in [2.24, 2.45) is 0 Å². The molecule has 0 aliphatic heterocycles. The van der Waals surface area contributed by atoms with Crippen LogP contribution in [0, 0.1) is 0 Å². The molecule has 0 fully saturated rings. The zero-order valence-corrected chi connectivity index (χ0v) is 15.0. The Bertz CT molecular complexity index is 650. The average molecular weight is 340 g/mol. The molecule has 0 unspecified atom stereocenters. The molecule has 0 saturated heterocycles. The van der Waals surface area contributed by atoms with Crippen molar-refractivity contribution in [2.45, 2.75) is 51.9 Å². The van der Waals surface area contributed by atoms with Gasteiger partial charge in [-0.1, -0.05) is 75.8 Å². The van der Waals surface area contributed by atoms with Crippen molar-refractivity contribution in [1.29, 1.82) is 0 Å². The van der Waals surface area contributed by atoms with Gasteiger partial charge in [-0.25, -0.2) is 4.79 Å². The maximum atomic E-state index is 11.6. The summed E-state index contributed by atoms with van der Waals surface area (Å²) in [7, 11) is 0. The molecule has 0 spiro atoms. The number of benzene rings is 2. The van der Waals surface area contributed by atoms with Crippen molar-refractivity contribution in [3.8, 4) is 16.9 Å². The van der Waals surface area contributed by atoms with Crippen molar-refractivity contribution in [3.63, 3.8) is 0 Å². The van der Waals surface area contributed by atoms with Crippen molar-refractivity contribution in [3.05, 3.63) is 54.1 Å². The first kappa shape index (κ1) is 19.0. The summed E-state index contributed by atoms with van der Waals surface area (Å²) >= 11 is 0. The summed E-state index contributed by atoms with van der Waals surface area (Å²) in [5.41, 5.74) is 1.90. The number of hydrogen-bond donors (Lipinski definition) is 1. The number of carboxylic acid groups (broad SMARTS) is 1. The van der Waals surface area contributed by atoms with E-state index in [9.17, 15) is 9.90 Å². The third-order valence-electron chi connectivity index (χ3n) is 4.32. The van der Waals surface area contributed by atoms with Gasteiger partial charge in [-0.3, -0.25) is 0 Å². The quantitative estimate of drug-likeness (QED) is 0.497. The SMILES string of the molecule is CCCCCCCCCOc1ccc(-c2ccccc2)c(C(=O)O)c1. The first-order valence-electron chi connectivity index (χ1n) is 9.28. The molecule has 25 heavy (non-hydrogen) atoms. The Hall–Kier alpha value is -2.29. The number of carboxylic acids is 1. The number of carbonyl (C=O) groups is 1. The van der Waals surface area contributed by atoms with Gasteiger partial charge < -0.3 is 9.84 Å². The van der Waals surface area contributed by atoms with Gasteiger partial charge >= 0.3 is 5.97 Å². The first-order chi connectivity index (χ1) is 12.2. The van der Waals surface area contributed by atoms with Gasteiger partial charge in [0.05, 0.1) is 12.2 Å². The van der Waals surface area contributed by atoms with Crippen LogP contribution in [0.1, 0.15) is 62.2 Å². The monoisotopic (exact) mass is 340 g/mol. The van der Waals surface area contributed by atoms with E-state index >= 15 is 0 Å². The molecule has 0 atom stereocenters. The number of unbranched alkanes of at least 4 members (excludes halogenated alkanes) is 6.